The molecule has 0 atom stereocenters. The lowest BCUT2D eigenvalue weighted by atomic mass is 9.96. The number of thiophene rings is 1. The number of nitrogens with zero attached hydrogens (tertiary/aromatic N) is 1. The SMILES string of the molecule is Cc1oc(C)c(C(=O)NCC2CCN(Cc3cccs3)CC2)c1C. The zero-order valence-electron chi connectivity index (χ0n) is 14.7. The van der Waals surface area contributed by atoms with E-state index >= 15 is 0 Å². The van der Waals surface area contributed by atoms with Crippen molar-refractivity contribution in [3.63, 3.8) is 0 Å². The summed E-state index contributed by atoms with van der Waals surface area (Å²) in [6.07, 6.45) is 2.29. The smallest absolute Gasteiger partial charge is 0.255 e. The van der Waals surface area contributed by atoms with Gasteiger partial charge in [-0.05, 0) is 64.1 Å². The fourth-order valence-electron chi connectivity index (χ4n) is 3.42. The van der Waals surface area contributed by atoms with Gasteiger partial charge in [0.05, 0.1) is 5.56 Å². The first kappa shape index (κ1) is 17.2. The highest BCUT2D eigenvalue weighted by molar-refractivity contribution is 7.09. The number of hydrogen-bond donors (Lipinski definition) is 1. The zero-order chi connectivity index (χ0) is 17.1. The number of piperidine rings is 1. The first-order chi connectivity index (χ1) is 11.5. The minimum absolute atomic E-state index is 0.00265. The normalized spacial score (nSPS) is 16.5. The fourth-order valence-corrected chi connectivity index (χ4v) is 4.17. The van der Waals surface area contributed by atoms with Gasteiger partial charge in [-0.3, -0.25) is 9.69 Å². The van der Waals surface area contributed by atoms with Gasteiger partial charge in [0.1, 0.15) is 11.5 Å². The van der Waals surface area contributed by atoms with Crippen molar-refractivity contribution in [2.24, 2.45) is 5.92 Å². The molecule has 5 heteroatoms. The molecule has 1 aliphatic rings. The molecule has 3 heterocycles. The van der Waals surface area contributed by atoms with Gasteiger partial charge in [0.15, 0.2) is 0 Å². The molecule has 0 aliphatic carbocycles. The van der Waals surface area contributed by atoms with E-state index in [2.05, 4.69) is 27.7 Å². The molecule has 1 N–H and O–H groups in total. The molecule has 2 aromatic heterocycles. The highest BCUT2D eigenvalue weighted by Crippen LogP contribution is 2.22. The Morgan fingerprint density at radius 3 is 2.62 bits per heavy atom. The van der Waals surface area contributed by atoms with E-state index in [1.165, 1.54) is 4.88 Å². The van der Waals surface area contributed by atoms with E-state index in [1.807, 2.05) is 32.1 Å². The fraction of sp³-hybridized carbons (Fsp3) is 0.526. The van der Waals surface area contributed by atoms with Crippen molar-refractivity contribution in [1.29, 1.82) is 0 Å². The number of amides is 1. The van der Waals surface area contributed by atoms with Crippen molar-refractivity contribution in [3.05, 3.63) is 45.0 Å². The van der Waals surface area contributed by atoms with Gasteiger partial charge in [0, 0.05) is 23.5 Å². The van der Waals surface area contributed by atoms with Crippen LogP contribution in [-0.4, -0.2) is 30.4 Å². The maximum atomic E-state index is 12.4. The van der Waals surface area contributed by atoms with Gasteiger partial charge in [-0.15, -0.1) is 11.3 Å². The van der Waals surface area contributed by atoms with Gasteiger partial charge >= 0.3 is 0 Å². The Labute approximate surface area is 147 Å². The minimum Gasteiger partial charge on any atom is -0.466 e. The number of carbonyl (C=O) groups excluding carboxylic acids is 1. The third-order valence-electron chi connectivity index (χ3n) is 5.01. The first-order valence-corrected chi connectivity index (χ1v) is 9.52. The quantitative estimate of drug-likeness (QED) is 0.893. The number of rotatable bonds is 5. The summed E-state index contributed by atoms with van der Waals surface area (Å²) in [7, 11) is 0. The second kappa shape index (κ2) is 7.53. The van der Waals surface area contributed by atoms with E-state index in [0.717, 1.165) is 50.3 Å². The van der Waals surface area contributed by atoms with Gasteiger partial charge in [-0.2, -0.15) is 0 Å². The van der Waals surface area contributed by atoms with Gasteiger partial charge < -0.3 is 9.73 Å². The van der Waals surface area contributed by atoms with Crippen molar-refractivity contribution in [2.75, 3.05) is 19.6 Å². The average Bonchev–Trinajstić information content (AvgIpc) is 3.15. The highest BCUT2D eigenvalue weighted by atomic mass is 32.1. The predicted molar refractivity (Wildman–Crippen MR) is 97.6 cm³/mol. The van der Waals surface area contributed by atoms with Crippen LogP contribution in [0.1, 0.15) is 45.2 Å². The maximum Gasteiger partial charge on any atom is 0.255 e. The Morgan fingerprint density at radius 1 is 1.29 bits per heavy atom. The lowest BCUT2D eigenvalue weighted by molar-refractivity contribution is 0.0933. The van der Waals surface area contributed by atoms with Crippen molar-refractivity contribution in [3.8, 4) is 0 Å². The lowest BCUT2D eigenvalue weighted by Gasteiger charge is -2.31. The largest absolute Gasteiger partial charge is 0.466 e. The molecule has 2 aromatic rings. The second-order valence-electron chi connectivity index (χ2n) is 6.72. The summed E-state index contributed by atoms with van der Waals surface area (Å²) < 4.78 is 5.56. The van der Waals surface area contributed by atoms with Crippen LogP contribution in [0.15, 0.2) is 21.9 Å². The van der Waals surface area contributed by atoms with Crippen LogP contribution in [0, 0.1) is 26.7 Å². The van der Waals surface area contributed by atoms with Crippen LogP contribution in [-0.2, 0) is 6.54 Å². The standard InChI is InChI=1S/C19H26N2O2S/c1-13-14(2)23-15(3)18(13)19(22)20-11-16-6-8-21(9-7-16)12-17-5-4-10-24-17/h4-5,10,16H,6-9,11-12H2,1-3H3,(H,20,22). The molecule has 0 radical (unpaired) electrons. The van der Waals surface area contributed by atoms with E-state index in [4.69, 9.17) is 4.42 Å². The molecular weight excluding hydrogens is 320 g/mol. The summed E-state index contributed by atoms with van der Waals surface area (Å²) in [5, 5.41) is 5.25. The Bertz CT molecular complexity index is 683. The number of hydrogen-bond acceptors (Lipinski definition) is 4. The van der Waals surface area contributed by atoms with Crippen LogP contribution < -0.4 is 5.32 Å². The van der Waals surface area contributed by atoms with Gasteiger partial charge in [0.2, 0.25) is 0 Å². The molecule has 3 rings (SSSR count). The molecule has 1 saturated heterocycles. The number of furan rings is 1. The molecule has 130 valence electrons. The van der Waals surface area contributed by atoms with Crippen LogP contribution in [0.25, 0.3) is 0 Å². The number of nitrogens with one attached hydrogen (secondary N) is 1. The Kier molecular flexibility index (Phi) is 5.41. The van der Waals surface area contributed by atoms with Crippen LogP contribution >= 0.6 is 11.3 Å². The molecule has 0 spiro atoms. The predicted octanol–water partition coefficient (Wildman–Crippen LogP) is 3.91. The molecule has 1 amide bonds. The molecule has 1 aliphatic heterocycles. The summed E-state index contributed by atoms with van der Waals surface area (Å²) >= 11 is 1.83. The molecule has 0 aromatic carbocycles. The van der Waals surface area contributed by atoms with Gasteiger partial charge in [-0.25, -0.2) is 0 Å². The summed E-state index contributed by atoms with van der Waals surface area (Å²) in [5.41, 5.74) is 1.67. The minimum atomic E-state index is 0.00265. The zero-order valence-corrected chi connectivity index (χ0v) is 15.5. The monoisotopic (exact) mass is 346 g/mol. The maximum absolute atomic E-state index is 12.4. The summed E-state index contributed by atoms with van der Waals surface area (Å²) in [6, 6.07) is 4.32. The van der Waals surface area contributed by atoms with Crippen molar-refractivity contribution < 1.29 is 9.21 Å². The number of likely N-dealkylation sites (tertiary alicyclic amines) is 1. The third kappa shape index (κ3) is 3.90. The summed E-state index contributed by atoms with van der Waals surface area (Å²) in [5.74, 6) is 2.12. The first-order valence-electron chi connectivity index (χ1n) is 8.64. The molecular formula is C19H26N2O2S. The van der Waals surface area contributed by atoms with Gasteiger partial charge in [0.25, 0.3) is 5.91 Å². The van der Waals surface area contributed by atoms with E-state index in [0.29, 0.717) is 17.2 Å². The summed E-state index contributed by atoms with van der Waals surface area (Å²) in [6.45, 7) is 9.76. The number of aryl methyl sites for hydroxylation is 2. The van der Waals surface area contributed by atoms with E-state index in [-0.39, 0.29) is 5.91 Å². The van der Waals surface area contributed by atoms with E-state index in [9.17, 15) is 4.79 Å². The number of carbonyl (C=O) groups is 1. The Balaban J connectivity index is 1.45. The van der Waals surface area contributed by atoms with Crippen molar-refractivity contribution in [1.82, 2.24) is 10.2 Å². The van der Waals surface area contributed by atoms with Crippen LogP contribution in [0.4, 0.5) is 0 Å². The van der Waals surface area contributed by atoms with Crippen LogP contribution in [0.2, 0.25) is 0 Å². The van der Waals surface area contributed by atoms with E-state index < -0.39 is 0 Å². The van der Waals surface area contributed by atoms with Crippen molar-refractivity contribution in [2.45, 2.75) is 40.2 Å². The molecule has 24 heavy (non-hydrogen) atoms. The molecule has 4 nitrogen and oxygen atoms in total. The van der Waals surface area contributed by atoms with Crippen LogP contribution in [0.5, 0.6) is 0 Å². The highest BCUT2D eigenvalue weighted by Gasteiger charge is 2.22. The Hall–Kier alpha value is -1.59. The molecule has 0 saturated carbocycles. The van der Waals surface area contributed by atoms with E-state index in [1.54, 1.807) is 0 Å². The third-order valence-corrected chi connectivity index (χ3v) is 5.87. The lowest BCUT2D eigenvalue weighted by Crippen LogP contribution is -2.38. The van der Waals surface area contributed by atoms with Crippen molar-refractivity contribution >= 4 is 17.2 Å². The summed E-state index contributed by atoms with van der Waals surface area (Å²) in [4.78, 5) is 16.4. The molecule has 0 unspecified atom stereocenters. The average molecular weight is 346 g/mol. The van der Waals surface area contributed by atoms with Crippen LogP contribution in [0.3, 0.4) is 0 Å². The molecule has 0 bridgehead atoms. The second-order valence-corrected chi connectivity index (χ2v) is 7.76. The topological polar surface area (TPSA) is 45.5 Å². The molecule has 1 fully saturated rings. The Morgan fingerprint density at radius 2 is 2.04 bits per heavy atom. The van der Waals surface area contributed by atoms with Gasteiger partial charge in [-0.1, -0.05) is 6.07 Å².